The summed E-state index contributed by atoms with van der Waals surface area (Å²) in [4.78, 5) is 6.20. The normalized spacial score (nSPS) is 16.3. The van der Waals surface area contributed by atoms with Gasteiger partial charge in [0.25, 0.3) is 0 Å². The summed E-state index contributed by atoms with van der Waals surface area (Å²) in [6.45, 7) is 18.2. The molecule has 1 aliphatic rings. The molecular weight excluding hydrogens is 264 g/mol. The first-order valence-corrected chi connectivity index (χ1v) is 8.42. The Bertz CT molecular complexity index is 364. The van der Waals surface area contributed by atoms with E-state index in [1.54, 1.807) is 0 Å². The van der Waals surface area contributed by atoms with Gasteiger partial charge in [-0.25, -0.2) is 0 Å². The maximum absolute atomic E-state index is 5.70. The summed E-state index contributed by atoms with van der Waals surface area (Å²) in [7, 11) is 0. The van der Waals surface area contributed by atoms with E-state index in [2.05, 4.69) is 65.2 Å². The van der Waals surface area contributed by atoms with Crippen molar-refractivity contribution in [1.29, 1.82) is 0 Å². The third-order valence-corrected chi connectivity index (χ3v) is 4.32. The molecule has 0 bridgehead atoms. The Morgan fingerprint density at radius 2 is 1.10 bits per heavy atom. The molecule has 0 saturated carbocycles. The Morgan fingerprint density at radius 3 is 1.45 bits per heavy atom. The Morgan fingerprint density at radius 1 is 0.700 bits per heavy atom. The van der Waals surface area contributed by atoms with E-state index in [4.69, 9.17) is 12.2 Å². The predicted octanol–water partition coefficient (Wildman–Crippen LogP) is 4.60. The van der Waals surface area contributed by atoms with Crippen molar-refractivity contribution >= 4 is 17.1 Å². The lowest BCUT2D eigenvalue weighted by atomic mass is 10.1. The summed E-state index contributed by atoms with van der Waals surface area (Å²) < 4.78 is 0. The van der Waals surface area contributed by atoms with Crippen LogP contribution in [0.5, 0.6) is 0 Å². The summed E-state index contributed by atoms with van der Waals surface area (Å²) in [5.74, 6) is 0. The van der Waals surface area contributed by atoms with Crippen molar-refractivity contribution in [3.8, 4) is 0 Å². The second-order valence-corrected chi connectivity index (χ2v) is 7.40. The zero-order valence-electron chi connectivity index (χ0n) is 14.5. The Kier molecular flexibility index (Phi) is 6.06. The zero-order valence-corrected chi connectivity index (χ0v) is 15.3. The summed E-state index contributed by atoms with van der Waals surface area (Å²) in [6, 6.07) is 2.00. The van der Waals surface area contributed by atoms with Gasteiger partial charge in [0.15, 0.2) is 0 Å². The first kappa shape index (κ1) is 17.5. The molecule has 0 atom stereocenters. The van der Waals surface area contributed by atoms with Gasteiger partial charge < -0.3 is 9.80 Å². The Labute approximate surface area is 131 Å². The number of allylic oxidation sites excluding steroid dienone is 2. The van der Waals surface area contributed by atoms with Gasteiger partial charge in [-0.2, -0.15) is 0 Å². The molecule has 0 amide bonds. The standard InChI is InChI=1S/C17H32N2S/c1-11(2)18(12(3)4)15-9-10-16(20)17(15)19(13(5)6)14(7)8/h11-14H,9-10H2,1-8H3. The van der Waals surface area contributed by atoms with Crippen LogP contribution in [0, 0.1) is 0 Å². The highest BCUT2D eigenvalue weighted by molar-refractivity contribution is 7.80. The molecule has 20 heavy (non-hydrogen) atoms. The fourth-order valence-electron chi connectivity index (χ4n) is 3.51. The van der Waals surface area contributed by atoms with Crippen LogP contribution in [0.4, 0.5) is 0 Å². The SMILES string of the molecule is CC(C)N(C1=C(N(C(C)C)C(C)C)C(=S)CC1)C(C)C. The van der Waals surface area contributed by atoms with Crippen LogP contribution in [0.15, 0.2) is 11.4 Å². The molecule has 0 N–H and O–H groups in total. The first-order valence-electron chi connectivity index (χ1n) is 8.01. The molecule has 0 spiro atoms. The van der Waals surface area contributed by atoms with Crippen LogP contribution in [0.1, 0.15) is 68.2 Å². The minimum Gasteiger partial charge on any atom is -0.368 e. The van der Waals surface area contributed by atoms with Gasteiger partial charge in [0, 0.05) is 34.7 Å². The van der Waals surface area contributed by atoms with E-state index in [1.165, 1.54) is 11.4 Å². The van der Waals surface area contributed by atoms with Crippen LogP contribution in [-0.2, 0) is 0 Å². The molecule has 0 aromatic carbocycles. The quantitative estimate of drug-likeness (QED) is 0.661. The van der Waals surface area contributed by atoms with E-state index >= 15 is 0 Å². The lowest BCUT2D eigenvalue weighted by Gasteiger charge is -2.40. The van der Waals surface area contributed by atoms with Crippen molar-refractivity contribution in [1.82, 2.24) is 9.80 Å². The van der Waals surface area contributed by atoms with E-state index in [1.807, 2.05) is 0 Å². The van der Waals surface area contributed by atoms with Gasteiger partial charge in [0.05, 0.1) is 5.70 Å². The molecule has 0 saturated heterocycles. The van der Waals surface area contributed by atoms with Gasteiger partial charge in [-0.3, -0.25) is 0 Å². The minimum atomic E-state index is 0.484. The van der Waals surface area contributed by atoms with E-state index in [-0.39, 0.29) is 0 Å². The maximum Gasteiger partial charge on any atom is 0.0707 e. The highest BCUT2D eigenvalue weighted by Gasteiger charge is 2.32. The van der Waals surface area contributed by atoms with Crippen LogP contribution in [0.2, 0.25) is 0 Å². The van der Waals surface area contributed by atoms with Crippen LogP contribution < -0.4 is 0 Å². The second-order valence-electron chi connectivity index (χ2n) is 6.91. The second kappa shape index (κ2) is 6.93. The molecule has 2 nitrogen and oxygen atoms in total. The van der Waals surface area contributed by atoms with Gasteiger partial charge in [0.1, 0.15) is 0 Å². The van der Waals surface area contributed by atoms with E-state index < -0.39 is 0 Å². The molecule has 0 aromatic heterocycles. The summed E-state index contributed by atoms with van der Waals surface area (Å²) in [6.07, 6.45) is 2.13. The largest absolute Gasteiger partial charge is 0.368 e. The summed E-state index contributed by atoms with van der Waals surface area (Å²) in [5.41, 5.74) is 2.80. The van der Waals surface area contributed by atoms with E-state index in [9.17, 15) is 0 Å². The summed E-state index contributed by atoms with van der Waals surface area (Å²) in [5, 5.41) is 0. The van der Waals surface area contributed by atoms with Crippen molar-refractivity contribution in [2.24, 2.45) is 0 Å². The third-order valence-electron chi connectivity index (χ3n) is 3.92. The fourth-order valence-corrected chi connectivity index (χ4v) is 3.83. The molecule has 0 fully saturated rings. The van der Waals surface area contributed by atoms with Crippen molar-refractivity contribution in [3.63, 3.8) is 0 Å². The molecule has 1 rings (SSSR count). The number of thiocarbonyl (C=S) groups is 1. The van der Waals surface area contributed by atoms with E-state index in [0.717, 1.165) is 17.7 Å². The fraction of sp³-hybridized carbons (Fsp3) is 0.824. The number of rotatable bonds is 6. The average molecular weight is 297 g/mol. The highest BCUT2D eigenvalue weighted by Crippen LogP contribution is 2.34. The van der Waals surface area contributed by atoms with Crippen molar-refractivity contribution in [2.75, 3.05) is 0 Å². The predicted molar refractivity (Wildman–Crippen MR) is 93.1 cm³/mol. The Balaban J connectivity index is 3.32. The topological polar surface area (TPSA) is 6.48 Å². The lowest BCUT2D eigenvalue weighted by molar-refractivity contribution is 0.197. The first-order chi connectivity index (χ1) is 9.18. The average Bonchev–Trinajstić information content (AvgIpc) is 2.60. The van der Waals surface area contributed by atoms with Gasteiger partial charge in [0.2, 0.25) is 0 Å². The van der Waals surface area contributed by atoms with Crippen LogP contribution >= 0.6 is 12.2 Å². The lowest BCUT2D eigenvalue weighted by Crippen LogP contribution is -2.42. The van der Waals surface area contributed by atoms with Crippen molar-refractivity contribution < 1.29 is 0 Å². The monoisotopic (exact) mass is 296 g/mol. The molecule has 1 aliphatic carbocycles. The van der Waals surface area contributed by atoms with Crippen molar-refractivity contribution in [3.05, 3.63) is 11.4 Å². The molecule has 0 heterocycles. The minimum absolute atomic E-state index is 0.484. The molecule has 0 aromatic rings. The summed E-state index contributed by atoms with van der Waals surface area (Å²) >= 11 is 5.70. The number of nitrogens with zero attached hydrogens (tertiary/aromatic N) is 2. The van der Waals surface area contributed by atoms with Gasteiger partial charge in [-0.1, -0.05) is 12.2 Å². The molecule has 0 radical (unpaired) electrons. The Hall–Kier alpha value is -0.570. The molecule has 3 heteroatoms. The molecular formula is C17H32N2S. The van der Waals surface area contributed by atoms with Crippen LogP contribution in [-0.4, -0.2) is 38.8 Å². The third kappa shape index (κ3) is 3.55. The number of hydrogen-bond donors (Lipinski definition) is 0. The van der Waals surface area contributed by atoms with Gasteiger partial charge >= 0.3 is 0 Å². The highest BCUT2D eigenvalue weighted by atomic mass is 32.1. The van der Waals surface area contributed by atoms with Crippen LogP contribution in [0.3, 0.4) is 0 Å². The molecule has 0 aliphatic heterocycles. The van der Waals surface area contributed by atoms with E-state index in [0.29, 0.717) is 24.2 Å². The van der Waals surface area contributed by atoms with Gasteiger partial charge in [-0.15, -0.1) is 0 Å². The maximum atomic E-state index is 5.70. The van der Waals surface area contributed by atoms with Gasteiger partial charge in [-0.05, 0) is 68.2 Å². The van der Waals surface area contributed by atoms with Crippen molar-refractivity contribution in [2.45, 2.75) is 92.4 Å². The smallest absolute Gasteiger partial charge is 0.0707 e. The van der Waals surface area contributed by atoms with Crippen LogP contribution in [0.25, 0.3) is 0 Å². The molecule has 116 valence electrons. The molecule has 0 unspecified atom stereocenters. The number of hydrogen-bond acceptors (Lipinski definition) is 3. The zero-order chi connectivity index (χ0) is 15.6.